The van der Waals surface area contributed by atoms with Gasteiger partial charge in [-0.2, -0.15) is 0 Å². The standard InChI is InChI=1S/C22H21BrN2O3/c1-14-20(11-12-21(24-14)15(2)27-3)22(26)25-17-7-9-18(10-8-17)28-19-6-4-5-16(23)13-19/h4-13,15H,1-3H3,(H,25,26). The van der Waals surface area contributed by atoms with Crippen LogP contribution >= 0.6 is 15.9 Å². The molecule has 0 aliphatic heterocycles. The number of ether oxygens (including phenoxy) is 2. The summed E-state index contributed by atoms with van der Waals surface area (Å²) in [5.41, 5.74) is 2.67. The number of halogens is 1. The first-order valence-corrected chi connectivity index (χ1v) is 9.60. The van der Waals surface area contributed by atoms with E-state index < -0.39 is 0 Å². The first-order chi connectivity index (χ1) is 13.5. The topological polar surface area (TPSA) is 60.5 Å². The highest BCUT2D eigenvalue weighted by Gasteiger charge is 2.13. The van der Waals surface area contributed by atoms with Crippen molar-refractivity contribution < 1.29 is 14.3 Å². The number of amides is 1. The Morgan fingerprint density at radius 1 is 1.07 bits per heavy atom. The first-order valence-electron chi connectivity index (χ1n) is 8.81. The van der Waals surface area contributed by atoms with Gasteiger partial charge in [0.2, 0.25) is 0 Å². The minimum absolute atomic E-state index is 0.117. The molecule has 0 saturated carbocycles. The van der Waals surface area contributed by atoms with Crippen molar-refractivity contribution in [3.63, 3.8) is 0 Å². The molecule has 1 N–H and O–H groups in total. The number of hydrogen-bond acceptors (Lipinski definition) is 4. The number of aromatic nitrogens is 1. The highest BCUT2D eigenvalue weighted by molar-refractivity contribution is 9.10. The predicted octanol–water partition coefficient (Wildman–Crippen LogP) is 5.90. The average Bonchev–Trinajstić information content (AvgIpc) is 2.68. The third-order valence-corrected chi connectivity index (χ3v) is 4.76. The average molecular weight is 441 g/mol. The van der Waals surface area contributed by atoms with E-state index in [-0.39, 0.29) is 12.0 Å². The molecule has 3 rings (SSSR count). The number of methoxy groups -OCH3 is 1. The van der Waals surface area contributed by atoms with Crippen molar-refractivity contribution in [1.29, 1.82) is 0 Å². The second kappa shape index (κ2) is 8.99. The molecule has 0 spiro atoms. The van der Waals surface area contributed by atoms with Crippen LogP contribution in [0.1, 0.15) is 34.8 Å². The number of carbonyl (C=O) groups is 1. The zero-order valence-electron chi connectivity index (χ0n) is 15.9. The molecule has 1 heterocycles. The minimum atomic E-state index is -0.206. The summed E-state index contributed by atoms with van der Waals surface area (Å²) >= 11 is 3.42. The summed E-state index contributed by atoms with van der Waals surface area (Å²) in [7, 11) is 1.63. The summed E-state index contributed by atoms with van der Waals surface area (Å²) in [6, 6.07) is 18.4. The molecule has 5 nitrogen and oxygen atoms in total. The van der Waals surface area contributed by atoms with Gasteiger partial charge in [-0.05, 0) is 68.4 Å². The number of rotatable bonds is 6. The van der Waals surface area contributed by atoms with E-state index in [1.54, 1.807) is 25.3 Å². The van der Waals surface area contributed by atoms with E-state index in [4.69, 9.17) is 9.47 Å². The summed E-state index contributed by atoms with van der Waals surface area (Å²) in [6.45, 7) is 3.73. The van der Waals surface area contributed by atoms with Gasteiger partial charge in [0.05, 0.1) is 23.1 Å². The number of hydrogen-bond donors (Lipinski definition) is 1. The Morgan fingerprint density at radius 3 is 2.46 bits per heavy atom. The van der Waals surface area contributed by atoms with E-state index >= 15 is 0 Å². The summed E-state index contributed by atoms with van der Waals surface area (Å²) in [5.74, 6) is 1.22. The number of pyridine rings is 1. The molecule has 1 unspecified atom stereocenters. The summed E-state index contributed by atoms with van der Waals surface area (Å²) in [6.07, 6.45) is -0.117. The molecular weight excluding hydrogens is 420 g/mol. The summed E-state index contributed by atoms with van der Waals surface area (Å²) in [5, 5.41) is 2.89. The van der Waals surface area contributed by atoms with Crippen LogP contribution in [-0.2, 0) is 4.74 Å². The van der Waals surface area contributed by atoms with Crippen molar-refractivity contribution in [2.45, 2.75) is 20.0 Å². The van der Waals surface area contributed by atoms with Crippen LogP contribution in [0.3, 0.4) is 0 Å². The van der Waals surface area contributed by atoms with E-state index in [2.05, 4.69) is 26.2 Å². The minimum Gasteiger partial charge on any atom is -0.457 e. The second-order valence-corrected chi connectivity index (χ2v) is 7.20. The maximum Gasteiger partial charge on any atom is 0.257 e. The van der Waals surface area contributed by atoms with Crippen LogP contribution in [0.15, 0.2) is 65.1 Å². The molecule has 1 aromatic heterocycles. The van der Waals surface area contributed by atoms with E-state index in [1.807, 2.05) is 56.3 Å². The van der Waals surface area contributed by atoms with E-state index in [9.17, 15) is 4.79 Å². The van der Waals surface area contributed by atoms with Crippen molar-refractivity contribution in [2.75, 3.05) is 12.4 Å². The van der Waals surface area contributed by atoms with Crippen molar-refractivity contribution >= 4 is 27.5 Å². The SMILES string of the molecule is COC(C)c1ccc(C(=O)Nc2ccc(Oc3cccc(Br)c3)cc2)c(C)n1. The molecule has 0 saturated heterocycles. The van der Waals surface area contributed by atoms with Crippen LogP contribution in [0.2, 0.25) is 0 Å². The number of carbonyl (C=O) groups excluding carboxylic acids is 1. The van der Waals surface area contributed by atoms with Gasteiger partial charge >= 0.3 is 0 Å². The van der Waals surface area contributed by atoms with Gasteiger partial charge in [-0.15, -0.1) is 0 Å². The van der Waals surface area contributed by atoms with Gasteiger partial charge < -0.3 is 14.8 Å². The molecule has 1 atom stereocenters. The molecule has 28 heavy (non-hydrogen) atoms. The van der Waals surface area contributed by atoms with Crippen LogP contribution in [0.4, 0.5) is 5.69 Å². The maximum atomic E-state index is 12.6. The Labute approximate surface area is 172 Å². The van der Waals surface area contributed by atoms with Gasteiger partial charge in [0.25, 0.3) is 5.91 Å². The fraction of sp³-hybridized carbons (Fsp3) is 0.182. The normalized spacial score (nSPS) is 11.7. The Kier molecular flexibility index (Phi) is 6.44. The maximum absolute atomic E-state index is 12.6. The molecular formula is C22H21BrN2O3. The van der Waals surface area contributed by atoms with E-state index in [0.29, 0.717) is 22.7 Å². The fourth-order valence-electron chi connectivity index (χ4n) is 2.64. The lowest BCUT2D eigenvalue weighted by Crippen LogP contribution is -2.15. The van der Waals surface area contributed by atoms with Crippen LogP contribution in [-0.4, -0.2) is 18.0 Å². The van der Waals surface area contributed by atoms with Crippen LogP contribution in [0.5, 0.6) is 11.5 Å². The lowest BCUT2D eigenvalue weighted by Gasteiger charge is -2.12. The van der Waals surface area contributed by atoms with Gasteiger partial charge in [-0.25, -0.2) is 0 Å². The smallest absolute Gasteiger partial charge is 0.257 e. The van der Waals surface area contributed by atoms with Crippen LogP contribution in [0, 0.1) is 6.92 Å². The number of benzene rings is 2. The largest absolute Gasteiger partial charge is 0.457 e. The van der Waals surface area contributed by atoms with E-state index in [0.717, 1.165) is 15.9 Å². The summed E-state index contributed by atoms with van der Waals surface area (Å²) in [4.78, 5) is 17.0. The number of aryl methyl sites for hydroxylation is 1. The quantitative estimate of drug-likeness (QED) is 0.517. The number of anilines is 1. The highest BCUT2D eigenvalue weighted by atomic mass is 79.9. The molecule has 6 heteroatoms. The van der Waals surface area contributed by atoms with Crippen LogP contribution in [0.25, 0.3) is 0 Å². The fourth-order valence-corrected chi connectivity index (χ4v) is 3.02. The van der Waals surface area contributed by atoms with Gasteiger partial charge in [0.15, 0.2) is 0 Å². The van der Waals surface area contributed by atoms with Crippen molar-refractivity contribution in [1.82, 2.24) is 4.98 Å². The molecule has 0 fully saturated rings. The Hall–Kier alpha value is -2.70. The monoisotopic (exact) mass is 440 g/mol. The van der Waals surface area contributed by atoms with Crippen molar-refractivity contribution in [3.05, 3.63) is 82.1 Å². The molecule has 0 bridgehead atoms. The Bertz CT molecular complexity index is 974. The van der Waals surface area contributed by atoms with Crippen LogP contribution < -0.4 is 10.1 Å². The molecule has 3 aromatic rings. The Morgan fingerprint density at radius 2 is 1.82 bits per heavy atom. The Balaban J connectivity index is 1.67. The van der Waals surface area contributed by atoms with Gasteiger partial charge in [0.1, 0.15) is 11.5 Å². The summed E-state index contributed by atoms with van der Waals surface area (Å²) < 4.78 is 12.0. The van der Waals surface area contributed by atoms with Gasteiger partial charge in [-0.1, -0.05) is 22.0 Å². The second-order valence-electron chi connectivity index (χ2n) is 6.28. The molecule has 2 aromatic carbocycles. The highest BCUT2D eigenvalue weighted by Crippen LogP contribution is 2.25. The first kappa shape index (κ1) is 20.0. The zero-order valence-corrected chi connectivity index (χ0v) is 17.5. The van der Waals surface area contributed by atoms with Crippen molar-refractivity contribution in [2.24, 2.45) is 0 Å². The van der Waals surface area contributed by atoms with E-state index in [1.165, 1.54) is 0 Å². The van der Waals surface area contributed by atoms with Crippen molar-refractivity contribution in [3.8, 4) is 11.5 Å². The lowest BCUT2D eigenvalue weighted by molar-refractivity contribution is 0.102. The molecule has 0 aliphatic carbocycles. The lowest BCUT2D eigenvalue weighted by atomic mass is 10.1. The molecule has 0 radical (unpaired) electrons. The molecule has 144 valence electrons. The van der Waals surface area contributed by atoms with Gasteiger partial charge in [-0.3, -0.25) is 9.78 Å². The van der Waals surface area contributed by atoms with Gasteiger partial charge in [0, 0.05) is 17.3 Å². The number of nitrogens with zero attached hydrogens (tertiary/aromatic N) is 1. The molecule has 0 aliphatic rings. The predicted molar refractivity (Wildman–Crippen MR) is 113 cm³/mol. The molecule has 1 amide bonds. The third-order valence-electron chi connectivity index (χ3n) is 4.27. The third kappa shape index (κ3) is 4.97. The zero-order chi connectivity index (χ0) is 20.1. The number of nitrogens with one attached hydrogen (secondary N) is 1.